The number of pyridine rings is 1. The van der Waals surface area contributed by atoms with Crippen molar-refractivity contribution in [2.24, 2.45) is 0 Å². The summed E-state index contributed by atoms with van der Waals surface area (Å²) in [5.74, 6) is 0.668. The van der Waals surface area contributed by atoms with Crippen LogP contribution in [0.5, 0.6) is 0 Å². The fourth-order valence-corrected chi connectivity index (χ4v) is 1.69. The molecule has 15 heavy (non-hydrogen) atoms. The van der Waals surface area contributed by atoms with E-state index in [1.165, 1.54) is 0 Å². The molecule has 1 aromatic rings. The standard InChI is InChI=1S/C11H14N2O2/c1-2-5-9-8-13(11(14)15-9)10-6-3-4-7-12-10/h3-4,6-7,9H,2,5,8H2,1H3. The van der Waals surface area contributed by atoms with Crippen molar-refractivity contribution in [3.63, 3.8) is 0 Å². The van der Waals surface area contributed by atoms with Crippen LogP contribution >= 0.6 is 0 Å². The molecule has 1 atom stereocenters. The van der Waals surface area contributed by atoms with E-state index in [0.717, 1.165) is 12.8 Å². The fraction of sp³-hybridized carbons (Fsp3) is 0.455. The number of rotatable bonds is 3. The van der Waals surface area contributed by atoms with Crippen LogP contribution in [-0.2, 0) is 4.74 Å². The second-order valence-electron chi connectivity index (χ2n) is 3.59. The van der Waals surface area contributed by atoms with Gasteiger partial charge < -0.3 is 4.74 Å². The van der Waals surface area contributed by atoms with Gasteiger partial charge in [0.2, 0.25) is 0 Å². The smallest absolute Gasteiger partial charge is 0.415 e. The molecule has 2 heterocycles. The molecule has 2 rings (SSSR count). The number of nitrogens with zero attached hydrogens (tertiary/aromatic N) is 2. The molecule has 1 aliphatic rings. The van der Waals surface area contributed by atoms with Gasteiger partial charge in [-0.15, -0.1) is 0 Å². The molecule has 0 aromatic carbocycles. The molecule has 1 aromatic heterocycles. The Hall–Kier alpha value is -1.58. The predicted molar refractivity (Wildman–Crippen MR) is 56.8 cm³/mol. The van der Waals surface area contributed by atoms with Gasteiger partial charge >= 0.3 is 6.09 Å². The summed E-state index contributed by atoms with van der Waals surface area (Å²) in [7, 11) is 0. The lowest BCUT2D eigenvalue weighted by atomic mass is 10.2. The predicted octanol–water partition coefficient (Wildman–Crippen LogP) is 2.21. The first kappa shape index (κ1) is 9.96. The number of hydrogen-bond acceptors (Lipinski definition) is 3. The van der Waals surface area contributed by atoms with Gasteiger partial charge in [0.05, 0.1) is 6.54 Å². The lowest BCUT2D eigenvalue weighted by Crippen LogP contribution is -2.25. The zero-order chi connectivity index (χ0) is 10.7. The maximum absolute atomic E-state index is 11.5. The van der Waals surface area contributed by atoms with Crippen LogP contribution in [0.1, 0.15) is 19.8 Å². The fourth-order valence-electron chi connectivity index (χ4n) is 1.69. The third-order valence-electron chi connectivity index (χ3n) is 2.41. The molecule has 4 nitrogen and oxygen atoms in total. The second-order valence-corrected chi connectivity index (χ2v) is 3.59. The Kier molecular flexibility index (Phi) is 2.85. The molecule has 0 saturated carbocycles. The lowest BCUT2D eigenvalue weighted by molar-refractivity contribution is 0.136. The van der Waals surface area contributed by atoms with Crippen molar-refractivity contribution in [1.82, 2.24) is 4.98 Å². The first-order chi connectivity index (χ1) is 7.31. The van der Waals surface area contributed by atoms with Gasteiger partial charge in [0, 0.05) is 6.20 Å². The molecule has 1 unspecified atom stereocenters. The van der Waals surface area contributed by atoms with E-state index < -0.39 is 0 Å². The van der Waals surface area contributed by atoms with E-state index >= 15 is 0 Å². The van der Waals surface area contributed by atoms with Gasteiger partial charge in [-0.1, -0.05) is 19.4 Å². The van der Waals surface area contributed by atoms with Crippen molar-refractivity contribution in [2.45, 2.75) is 25.9 Å². The largest absolute Gasteiger partial charge is 0.444 e. The Bertz CT molecular complexity index is 340. The normalized spacial score (nSPS) is 20.5. The van der Waals surface area contributed by atoms with E-state index in [9.17, 15) is 4.79 Å². The molecule has 80 valence electrons. The highest BCUT2D eigenvalue weighted by molar-refractivity contribution is 5.88. The van der Waals surface area contributed by atoms with Crippen LogP contribution in [0, 0.1) is 0 Å². The number of amides is 1. The third kappa shape index (κ3) is 2.09. The van der Waals surface area contributed by atoms with Gasteiger partial charge in [0.25, 0.3) is 0 Å². The molecule has 1 amide bonds. The summed E-state index contributed by atoms with van der Waals surface area (Å²) in [5.41, 5.74) is 0. The van der Waals surface area contributed by atoms with Crippen LogP contribution in [0.2, 0.25) is 0 Å². The SMILES string of the molecule is CCCC1CN(c2ccccn2)C(=O)O1. The highest BCUT2D eigenvalue weighted by Crippen LogP contribution is 2.20. The Balaban J connectivity index is 2.09. The first-order valence-corrected chi connectivity index (χ1v) is 5.20. The Morgan fingerprint density at radius 3 is 3.13 bits per heavy atom. The molecule has 1 saturated heterocycles. The molecule has 0 aliphatic carbocycles. The molecule has 4 heteroatoms. The number of carbonyl (C=O) groups excluding carboxylic acids is 1. The van der Waals surface area contributed by atoms with Gasteiger partial charge in [-0.3, -0.25) is 4.90 Å². The Labute approximate surface area is 88.9 Å². The molecule has 0 spiro atoms. The quantitative estimate of drug-likeness (QED) is 0.761. The van der Waals surface area contributed by atoms with Crippen LogP contribution in [0.25, 0.3) is 0 Å². The molecule has 0 N–H and O–H groups in total. The molecular formula is C11H14N2O2. The van der Waals surface area contributed by atoms with Crippen molar-refractivity contribution in [2.75, 3.05) is 11.4 Å². The van der Waals surface area contributed by atoms with Gasteiger partial charge in [-0.05, 0) is 18.6 Å². The Morgan fingerprint density at radius 1 is 1.60 bits per heavy atom. The van der Waals surface area contributed by atoms with Crippen LogP contribution in [0.4, 0.5) is 10.6 Å². The first-order valence-electron chi connectivity index (χ1n) is 5.20. The summed E-state index contributed by atoms with van der Waals surface area (Å²) in [5, 5.41) is 0. The van der Waals surface area contributed by atoms with Crippen molar-refractivity contribution in [3.05, 3.63) is 24.4 Å². The average molecular weight is 206 g/mol. The van der Waals surface area contributed by atoms with Gasteiger partial charge in [-0.25, -0.2) is 9.78 Å². The minimum Gasteiger partial charge on any atom is -0.444 e. The van der Waals surface area contributed by atoms with Crippen molar-refractivity contribution < 1.29 is 9.53 Å². The lowest BCUT2D eigenvalue weighted by Gasteiger charge is -2.10. The zero-order valence-corrected chi connectivity index (χ0v) is 8.72. The van der Waals surface area contributed by atoms with E-state index in [2.05, 4.69) is 11.9 Å². The van der Waals surface area contributed by atoms with Gasteiger partial charge in [0.1, 0.15) is 11.9 Å². The molecule has 0 radical (unpaired) electrons. The Morgan fingerprint density at radius 2 is 2.47 bits per heavy atom. The third-order valence-corrected chi connectivity index (χ3v) is 2.41. The van der Waals surface area contributed by atoms with E-state index in [-0.39, 0.29) is 12.2 Å². The van der Waals surface area contributed by atoms with Crippen molar-refractivity contribution in [3.8, 4) is 0 Å². The minimum absolute atomic E-state index is 0.0181. The van der Waals surface area contributed by atoms with Crippen LogP contribution in [0.15, 0.2) is 24.4 Å². The van der Waals surface area contributed by atoms with Crippen molar-refractivity contribution in [1.29, 1.82) is 0 Å². The number of cyclic esters (lactones) is 1. The van der Waals surface area contributed by atoms with Crippen LogP contribution in [-0.4, -0.2) is 23.7 Å². The van der Waals surface area contributed by atoms with E-state index in [0.29, 0.717) is 12.4 Å². The highest BCUT2D eigenvalue weighted by Gasteiger charge is 2.32. The molecular weight excluding hydrogens is 192 g/mol. The monoisotopic (exact) mass is 206 g/mol. The molecule has 1 aliphatic heterocycles. The van der Waals surface area contributed by atoms with E-state index in [4.69, 9.17) is 4.74 Å². The van der Waals surface area contributed by atoms with Crippen LogP contribution < -0.4 is 4.90 Å². The summed E-state index contributed by atoms with van der Waals surface area (Å²) in [6, 6.07) is 5.51. The van der Waals surface area contributed by atoms with Gasteiger partial charge in [0.15, 0.2) is 0 Å². The highest BCUT2D eigenvalue weighted by atomic mass is 16.6. The van der Waals surface area contributed by atoms with Crippen LogP contribution in [0.3, 0.4) is 0 Å². The molecule has 1 fully saturated rings. The average Bonchev–Trinajstić information content (AvgIpc) is 2.61. The van der Waals surface area contributed by atoms with Gasteiger partial charge in [-0.2, -0.15) is 0 Å². The number of carbonyl (C=O) groups is 1. The topological polar surface area (TPSA) is 42.4 Å². The second kappa shape index (κ2) is 4.29. The molecule has 0 bridgehead atoms. The summed E-state index contributed by atoms with van der Waals surface area (Å²) in [4.78, 5) is 17.2. The minimum atomic E-state index is -0.285. The maximum Gasteiger partial charge on any atom is 0.415 e. The summed E-state index contributed by atoms with van der Waals surface area (Å²) in [6.45, 7) is 2.70. The summed E-state index contributed by atoms with van der Waals surface area (Å²) in [6.07, 6.45) is 3.34. The number of anilines is 1. The zero-order valence-electron chi connectivity index (χ0n) is 8.72. The number of aromatic nitrogens is 1. The number of hydrogen-bond donors (Lipinski definition) is 0. The summed E-state index contributed by atoms with van der Waals surface area (Å²) < 4.78 is 5.22. The van der Waals surface area contributed by atoms with E-state index in [1.54, 1.807) is 11.1 Å². The summed E-state index contributed by atoms with van der Waals surface area (Å²) >= 11 is 0. The van der Waals surface area contributed by atoms with E-state index in [1.807, 2.05) is 18.2 Å². The number of ether oxygens (including phenoxy) is 1. The van der Waals surface area contributed by atoms with Crippen molar-refractivity contribution >= 4 is 11.9 Å². The maximum atomic E-state index is 11.5.